The number of hydrogen-bond donors (Lipinski definition) is 2. The van der Waals surface area contributed by atoms with E-state index in [0.29, 0.717) is 13.1 Å². The summed E-state index contributed by atoms with van der Waals surface area (Å²) in [4.78, 5) is 0. The molecule has 1 aromatic carbocycles. The Kier molecular flexibility index (Phi) is 4.45. The molecule has 1 aromatic heterocycles. The van der Waals surface area contributed by atoms with Crippen molar-refractivity contribution < 1.29 is 5.11 Å². The molecule has 0 bridgehead atoms. The molecular weight excluding hydrogens is 260 g/mol. The Hall–Kier alpha value is -1.32. The molecule has 0 aliphatic heterocycles. The van der Waals surface area contributed by atoms with Crippen molar-refractivity contribution in [2.24, 2.45) is 0 Å². The monoisotopic (exact) mass is 288 g/mol. The molecule has 0 saturated heterocycles. The van der Waals surface area contributed by atoms with Gasteiger partial charge in [0.25, 0.3) is 0 Å². The van der Waals surface area contributed by atoms with Crippen LogP contribution in [0.25, 0.3) is 10.9 Å². The Morgan fingerprint density at radius 2 is 1.86 bits per heavy atom. The van der Waals surface area contributed by atoms with E-state index in [-0.39, 0.29) is 11.6 Å². The number of aromatic nitrogens is 1. The Morgan fingerprint density at radius 3 is 2.48 bits per heavy atom. The van der Waals surface area contributed by atoms with Gasteiger partial charge in [-0.2, -0.15) is 0 Å². The standard InChI is InChI=1S/C18H28N2O/c1-12-7-8-17-16(9-12)13(2)14(3)20(17)11-15(21)10-19-18(4,5)6/h7-9,15,19,21H,10-11H2,1-6H3. The van der Waals surface area contributed by atoms with Gasteiger partial charge < -0.3 is 15.0 Å². The maximum Gasteiger partial charge on any atom is 0.0843 e. The fourth-order valence-electron chi connectivity index (χ4n) is 2.70. The smallest absolute Gasteiger partial charge is 0.0843 e. The zero-order valence-electron chi connectivity index (χ0n) is 14.1. The van der Waals surface area contributed by atoms with Gasteiger partial charge in [0, 0.05) is 28.7 Å². The second kappa shape index (κ2) is 5.82. The molecule has 0 fully saturated rings. The molecule has 3 heteroatoms. The number of rotatable bonds is 4. The topological polar surface area (TPSA) is 37.2 Å². The number of nitrogens with one attached hydrogen (secondary N) is 1. The number of nitrogens with zero attached hydrogens (tertiary/aromatic N) is 1. The van der Waals surface area contributed by atoms with Crippen molar-refractivity contribution in [1.82, 2.24) is 9.88 Å². The van der Waals surface area contributed by atoms with Gasteiger partial charge in [0.2, 0.25) is 0 Å². The van der Waals surface area contributed by atoms with E-state index in [1.807, 2.05) is 0 Å². The summed E-state index contributed by atoms with van der Waals surface area (Å²) in [6, 6.07) is 6.53. The molecule has 0 aliphatic carbocycles. The van der Waals surface area contributed by atoms with Gasteiger partial charge >= 0.3 is 0 Å². The molecule has 1 atom stereocenters. The average molecular weight is 288 g/mol. The molecule has 116 valence electrons. The highest BCUT2D eigenvalue weighted by Crippen LogP contribution is 2.26. The van der Waals surface area contributed by atoms with E-state index in [4.69, 9.17) is 0 Å². The minimum absolute atomic E-state index is 0.0296. The first-order chi connectivity index (χ1) is 9.69. The lowest BCUT2D eigenvalue weighted by atomic mass is 10.1. The third kappa shape index (κ3) is 3.66. The summed E-state index contributed by atoms with van der Waals surface area (Å²) in [5.74, 6) is 0. The van der Waals surface area contributed by atoms with Crippen LogP contribution in [0.2, 0.25) is 0 Å². The first-order valence-electron chi connectivity index (χ1n) is 7.68. The zero-order chi connectivity index (χ0) is 15.8. The van der Waals surface area contributed by atoms with Gasteiger partial charge in [-0.1, -0.05) is 11.6 Å². The van der Waals surface area contributed by atoms with E-state index in [9.17, 15) is 5.11 Å². The second-order valence-electron chi connectivity index (χ2n) is 7.13. The lowest BCUT2D eigenvalue weighted by Gasteiger charge is -2.23. The minimum Gasteiger partial charge on any atom is -0.390 e. The maximum atomic E-state index is 10.3. The predicted molar refractivity (Wildman–Crippen MR) is 89.9 cm³/mol. The van der Waals surface area contributed by atoms with Crippen molar-refractivity contribution in [3.05, 3.63) is 35.0 Å². The second-order valence-corrected chi connectivity index (χ2v) is 7.13. The molecule has 2 aromatic rings. The van der Waals surface area contributed by atoms with Crippen molar-refractivity contribution in [2.75, 3.05) is 6.54 Å². The quantitative estimate of drug-likeness (QED) is 0.905. The Morgan fingerprint density at radius 1 is 1.19 bits per heavy atom. The molecule has 0 amide bonds. The summed E-state index contributed by atoms with van der Waals surface area (Å²) >= 11 is 0. The zero-order valence-corrected chi connectivity index (χ0v) is 14.1. The van der Waals surface area contributed by atoms with Crippen molar-refractivity contribution in [2.45, 2.75) is 59.7 Å². The maximum absolute atomic E-state index is 10.3. The minimum atomic E-state index is -0.390. The van der Waals surface area contributed by atoms with Crippen LogP contribution >= 0.6 is 0 Å². The lowest BCUT2D eigenvalue weighted by Crippen LogP contribution is -2.42. The van der Waals surface area contributed by atoms with Crippen LogP contribution in [-0.4, -0.2) is 27.9 Å². The van der Waals surface area contributed by atoms with Crippen molar-refractivity contribution in [3.8, 4) is 0 Å². The number of β-amino-alcohol motifs (C(OH)–C–C–N with tert-alkyl or cyclic N) is 1. The highest BCUT2D eigenvalue weighted by Gasteiger charge is 2.16. The highest BCUT2D eigenvalue weighted by molar-refractivity contribution is 5.85. The third-order valence-electron chi connectivity index (χ3n) is 4.06. The van der Waals surface area contributed by atoms with Crippen LogP contribution in [0.5, 0.6) is 0 Å². The van der Waals surface area contributed by atoms with Gasteiger partial charge in [-0.25, -0.2) is 0 Å². The van der Waals surface area contributed by atoms with Crippen LogP contribution in [0.3, 0.4) is 0 Å². The summed E-state index contributed by atoms with van der Waals surface area (Å²) in [6.07, 6.45) is -0.390. The first kappa shape index (κ1) is 16.1. The number of fused-ring (bicyclic) bond motifs is 1. The largest absolute Gasteiger partial charge is 0.390 e. The average Bonchev–Trinajstić information content (AvgIpc) is 2.61. The van der Waals surface area contributed by atoms with Gasteiger partial charge in [-0.3, -0.25) is 0 Å². The van der Waals surface area contributed by atoms with Crippen LogP contribution < -0.4 is 5.32 Å². The van der Waals surface area contributed by atoms with Crippen LogP contribution in [0, 0.1) is 20.8 Å². The molecule has 0 radical (unpaired) electrons. The molecule has 3 nitrogen and oxygen atoms in total. The molecule has 1 heterocycles. The molecule has 0 aliphatic rings. The van der Waals surface area contributed by atoms with Crippen LogP contribution in [0.15, 0.2) is 18.2 Å². The summed E-state index contributed by atoms with van der Waals surface area (Å²) in [6.45, 7) is 14.0. The SMILES string of the molecule is Cc1ccc2c(c1)c(C)c(C)n2CC(O)CNC(C)(C)C. The van der Waals surface area contributed by atoms with Gasteiger partial charge in [0.1, 0.15) is 0 Å². The highest BCUT2D eigenvalue weighted by atomic mass is 16.3. The fraction of sp³-hybridized carbons (Fsp3) is 0.556. The number of aliphatic hydroxyl groups is 1. The molecule has 2 N–H and O–H groups in total. The molecule has 0 saturated carbocycles. The van der Waals surface area contributed by atoms with Gasteiger partial charge in [-0.15, -0.1) is 0 Å². The molecule has 1 unspecified atom stereocenters. The Bertz CT molecular complexity index is 635. The Balaban J connectivity index is 2.24. The number of aliphatic hydroxyl groups excluding tert-OH is 1. The van der Waals surface area contributed by atoms with E-state index in [1.54, 1.807) is 0 Å². The lowest BCUT2D eigenvalue weighted by molar-refractivity contribution is 0.142. The first-order valence-corrected chi connectivity index (χ1v) is 7.68. The summed E-state index contributed by atoms with van der Waals surface area (Å²) < 4.78 is 2.24. The predicted octanol–water partition coefficient (Wildman–Crippen LogP) is 3.32. The van der Waals surface area contributed by atoms with E-state index >= 15 is 0 Å². The van der Waals surface area contributed by atoms with E-state index in [0.717, 1.165) is 0 Å². The van der Waals surface area contributed by atoms with E-state index in [1.165, 1.54) is 27.7 Å². The van der Waals surface area contributed by atoms with E-state index in [2.05, 4.69) is 69.6 Å². The van der Waals surface area contributed by atoms with Gasteiger partial charge in [-0.05, 0) is 59.2 Å². The fourth-order valence-corrected chi connectivity index (χ4v) is 2.70. The van der Waals surface area contributed by atoms with E-state index < -0.39 is 0 Å². The number of hydrogen-bond acceptors (Lipinski definition) is 2. The molecule has 2 rings (SSSR count). The van der Waals surface area contributed by atoms with Gasteiger partial charge in [0.05, 0.1) is 12.6 Å². The normalized spacial score (nSPS) is 13.9. The van der Waals surface area contributed by atoms with Crippen molar-refractivity contribution >= 4 is 10.9 Å². The summed E-state index contributed by atoms with van der Waals surface area (Å²) in [5, 5.41) is 15.0. The van der Waals surface area contributed by atoms with Crippen molar-refractivity contribution in [3.63, 3.8) is 0 Å². The third-order valence-corrected chi connectivity index (χ3v) is 4.06. The van der Waals surface area contributed by atoms with Crippen molar-refractivity contribution in [1.29, 1.82) is 0 Å². The van der Waals surface area contributed by atoms with Crippen LogP contribution in [-0.2, 0) is 6.54 Å². The Labute approximate surface area is 128 Å². The molecular formula is C18H28N2O. The number of aryl methyl sites for hydroxylation is 2. The molecule has 21 heavy (non-hydrogen) atoms. The van der Waals surface area contributed by atoms with Crippen LogP contribution in [0.1, 0.15) is 37.6 Å². The summed E-state index contributed by atoms with van der Waals surface area (Å²) in [7, 11) is 0. The summed E-state index contributed by atoms with van der Waals surface area (Å²) in [5.41, 5.74) is 5.07. The van der Waals surface area contributed by atoms with Gasteiger partial charge in [0.15, 0.2) is 0 Å². The molecule has 0 spiro atoms. The van der Waals surface area contributed by atoms with Crippen LogP contribution in [0.4, 0.5) is 0 Å². The number of benzene rings is 1.